The van der Waals surface area contributed by atoms with Gasteiger partial charge >= 0.3 is 5.97 Å². The Morgan fingerprint density at radius 3 is 2.47 bits per heavy atom. The zero-order valence-electron chi connectivity index (χ0n) is 10.1. The molecule has 0 aliphatic rings. The molecule has 0 aliphatic heterocycles. The van der Waals surface area contributed by atoms with Crippen LogP contribution in [0.4, 0.5) is 0 Å². The molecule has 0 unspecified atom stereocenters. The van der Waals surface area contributed by atoms with Crippen LogP contribution in [-0.2, 0) is 6.42 Å². The summed E-state index contributed by atoms with van der Waals surface area (Å²) in [4.78, 5) is 10.8. The van der Waals surface area contributed by atoms with Gasteiger partial charge in [0.25, 0.3) is 0 Å². The Bertz CT molecular complexity index is 410. The van der Waals surface area contributed by atoms with Gasteiger partial charge in [-0.2, -0.15) is 0 Å². The Labute approximate surface area is 101 Å². The Hall–Kier alpha value is -1.71. The molecule has 4 nitrogen and oxygen atoms in total. The van der Waals surface area contributed by atoms with Crippen molar-refractivity contribution in [1.82, 2.24) is 0 Å². The van der Waals surface area contributed by atoms with E-state index < -0.39 is 5.97 Å². The normalized spacial score (nSPS) is 10.8. The summed E-state index contributed by atoms with van der Waals surface area (Å²) < 4.78 is 0. The van der Waals surface area contributed by atoms with Crippen molar-refractivity contribution < 1.29 is 20.1 Å². The van der Waals surface area contributed by atoms with E-state index in [9.17, 15) is 15.0 Å². The van der Waals surface area contributed by atoms with Crippen LogP contribution >= 0.6 is 0 Å². The Morgan fingerprint density at radius 2 is 1.94 bits per heavy atom. The van der Waals surface area contributed by atoms with Gasteiger partial charge in [0.05, 0.1) is 0 Å². The van der Waals surface area contributed by atoms with Gasteiger partial charge in [0.2, 0.25) is 0 Å². The van der Waals surface area contributed by atoms with E-state index in [4.69, 9.17) is 5.11 Å². The van der Waals surface area contributed by atoms with Crippen molar-refractivity contribution in [2.24, 2.45) is 5.92 Å². The van der Waals surface area contributed by atoms with Gasteiger partial charge in [0, 0.05) is 0 Å². The van der Waals surface area contributed by atoms with Gasteiger partial charge in [-0.1, -0.05) is 20.3 Å². The number of phenolic OH excluding ortho intramolecular Hbond substituents is 1. The van der Waals surface area contributed by atoms with Crippen LogP contribution in [-0.4, -0.2) is 21.3 Å². The third kappa shape index (κ3) is 3.66. The van der Waals surface area contributed by atoms with Crippen molar-refractivity contribution in [1.29, 1.82) is 0 Å². The average molecular weight is 238 g/mol. The number of rotatable bonds is 5. The van der Waals surface area contributed by atoms with Crippen LogP contribution in [0.2, 0.25) is 0 Å². The first-order valence-electron chi connectivity index (χ1n) is 5.70. The summed E-state index contributed by atoms with van der Waals surface area (Å²) in [6, 6.07) is 2.48. The van der Waals surface area contributed by atoms with E-state index in [0.717, 1.165) is 18.9 Å². The molecule has 0 aromatic heterocycles. The minimum absolute atomic E-state index is 0.125. The van der Waals surface area contributed by atoms with Crippen LogP contribution in [0, 0.1) is 5.92 Å². The topological polar surface area (TPSA) is 77.8 Å². The molecule has 0 bridgehead atoms. The molecule has 94 valence electrons. The molecule has 4 heteroatoms. The van der Waals surface area contributed by atoms with Gasteiger partial charge in [0.1, 0.15) is 17.1 Å². The number of carboxylic acids is 1. The number of phenols is 2. The number of carboxylic acid groups (broad SMARTS) is 1. The number of hydrogen-bond acceptors (Lipinski definition) is 3. The molecular weight excluding hydrogens is 220 g/mol. The van der Waals surface area contributed by atoms with Crippen molar-refractivity contribution in [2.75, 3.05) is 0 Å². The Morgan fingerprint density at radius 1 is 1.29 bits per heavy atom. The molecule has 1 aromatic rings. The first kappa shape index (κ1) is 13.4. The van der Waals surface area contributed by atoms with Crippen molar-refractivity contribution in [2.45, 2.75) is 33.1 Å². The molecule has 0 amide bonds. The van der Waals surface area contributed by atoms with E-state index in [0.29, 0.717) is 17.9 Å². The van der Waals surface area contributed by atoms with Gasteiger partial charge in [-0.05, 0) is 36.5 Å². The number of aromatic hydroxyl groups is 2. The zero-order chi connectivity index (χ0) is 13.0. The third-order valence-electron chi connectivity index (χ3n) is 2.63. The molecule has 17 heavy (non-hydrogen) atoms. The number of aromatic carboxylic acids is 1. The molecule has 0 fully saturated rings. The van der Waals surface area contributed by atoms with Gasteiger partial charge in [-0.15, -0.1) is 0 Å². The number of aryl methyl sites for hydroxylation is 1. The first-order valence-corrected chi connectivity index (χ1v) is 5.70. The van der Waals surface area contributed by atoms with Crippen LogP contribution < -0.4 is 0 Å². The van der Waals surface area contributed by atoms with E-state index in [1.807, 2.05) is 0 Å². The molecule has 0 spiro atoms. The smallest absolute Gasteiger partial charge is 0.339 e. The first-order chi connectivity index (χ1) is 7.91. The number of hydrogen-bond donors (Lipinski definition) is 3. The Balaban J connectivity index is 2.88. The lowest BCUT2D eigenvalue weighted by Gasteiger charge is -2.09. The summed E-state index contributed by atoms with van der Waals surface area (Å²) in [5.41, 5.74) is 0.243. The fourth-order valence-electron chi connectivity index (χ4n) is 1.73. The van der Waals surface area contributed by atoms with Crippen LogP contribution in [0.3, 0.4) is 0 Å². The standard InChI is InChI=1S/C13H18O4/c1-8(2)4-3-5-9-6-10(14)7-11(12(9)15)13(16)17/h6-8,14-15H,3-5H2,1-2H3,(H,16,17). The van der Waals surface area contributed by atoms with Gasteiger partial charge in [-0.3, -0.25) is 0 Å². The van der Waals surface area contributed by atoms with E-state index in [2.05, 4.69) is 13.8 Å². The Kier molecular flexibility index (Phi) is 4.37. The van der Waals surface area contributed by atoms with Crippen molar-refractivity contribution >= 4 is 5.97 Å². The summed E-state index contributed by atoms with van der Waals surface area (Å²) >= 11 is 0. The quantitative estimate of drug-likeness (QED) is 0.689. The van der Waals surface area contributed by atoms with Crippen LogP contribution in [0.25, 0.3) is 0 Å². The van der Waals surface area contributed by atoms with Gasteiger partial charge < -0.3 is 15.3 Å². The maximum Gasteiger partial charge on any atom is 0.339 e. The van der Waals surface area contributed by atoms with Crippen LogP contribution in [0.15, 0.2) is 12.1 Å². The lowest BCUT2D eigenvalue weighted by molar-refractivity contribution is 0.0693. The summed E-state index contributed by atoms with van der Waals surface area (Å²) in [7, 11) is 0. The maximum atomic E-state index is 10.8. The summed E-state index contributed by atoms with van der Waals surface area (Å²) in [5, 5.41) is 28.0. The van der Waals surface area contributed by atoms with Crippen molar-refractivity contribution in [3.63, 3.8) is 0 Å². The second-order valence-electron chi connectivity index (χ2n) is 4.59. The highest BCUT2D eigenvalue weighted by atomic mass is 16.4. The maximum absolute atomic E-state index is 10.8. The van der Waals surface area contributed by atoms with Crippen molar-refractivity contribution in [3.8, 4) is 11.5 Å². The average Bonchev–Trinajstić information content (AvgIpc) is 2.21. The predicted molar refractivity (Wildman–Crippen MR) is 64.5 cm³/mol. The summed E-state index contributed by atoms with van der Waals surface area (Å²) in [5.74, 6) is -1.03. The monoisotopic (exact) mass is 238 g/mol. The van der Waals surface area contributed by atoms with E-state index in [-0.39, 0.29) is 17.1 Å². The van der Waals surface area contributed by atoms with Crippen LogP contribution in [0.1, 0.15) is 42.6 Å². The molecule has 1 aromatic carbocycles. The third-order valence-corrected chi connectivity index (χ3v) is 2.63. The minimum atomic E-state index is -1.23. The number of carbonyl (C=O) groups is 1. The lowest BCUT2D eigenvalue weighted by atomic mass is 9.99. The minimum Gasteiger partial charge on any atom is -0.508 e. The highest BCUT2D eigenvalue weighted by Gasteiger charge is 2.15. The molecule has 0 saturated carbocycles. The fourth-order valence-corrected chi connectivity index (χ4v) is 1.73. The summed E-state index contributed by atoms with van der Waals surface area (Å²) in [6.07, 6.45) is 2.42. The zero-order valence-corrected chi connectivity index (χ0v) is 10.1. The molecule has 0 radical (unpaired) electrons. The van der Waals surface area contributed by atoms with Gasteiger partial charge in [-0.25, -0.2) is 4.79 Å². The number of benzene rings is 1. The second-order valence-corrected chi connectivity index (χ2v) is 4.59. The predicted octanol–water partition coefficient (Wildman–Crippen LogP) is 2.77. The molecule has 3 N–H and O–H groups in total. The highest BCUT2D eigenvalue weighted by Crippen LogP contribution is 2.29. The van der Waals surface area contributed by atoms with E-state index in [1.54, 1.807) is 0 Å². The largest absolute Gasteiger partial charge is 0.508 e. The van der Waals surface area contributed by atoms with E-state index in [1.165, 1.54) is 6.07 Å². The molecule has 0 heterocycles. The van der Waals surface area contributed by atoms with Gasteiger partial charge in [0.15, 0.2) is 0 Å². The molecular formula is C13H18O4. The lowest BCUT2D eigenvalue weighted by Crippen LogP contribution is -2.00. The summed E-state index contributed by atoms with van der Waals surface area (Å²) in [6.45, 7) is 4.20. The molecule has 0 aliphatic carbocycles. The van der Waals surface area contributed by atoms with Crippen LogP contribution in [0.5, 0.6) is 11.5 Å². The highest BCUT2D eigenvalue weighted by molar-refractivity contribution is 5.91. The van der Waals surface area contributed by atoms with E-state index >= 15 is 0 Å². The second kappa shape index (κ2) is 5.57. The molecule has 0 saturated heterocycles. The molecule has 1 rings (SSSR count). The fraction of sp³-hybridized carbons (Fsp3) is 0.462. The SMILES string of the molecule is CC(C)CCCc1cc(O)cc(C(=O)O)c1O. The van der Waals surface area contributed by atoms with Crippen molar-refractivity contribution in [3.05, 3.63) is 23.3 Å². The molecule has 0 atom stereocenters.